The fourth-order valence-electron chi connectivity index (χ4n) is 4.59. The summed E-state index contributed by atoms with van der Waals surface area (Å²) >= 11 is 0. The number of Topliss-reactive ketones (excluding diaryl/α,β-unsaturated/α-hetero) is 1. The van der Waals surface area contributed by atoms with Gasteiger partial charge in [0.1, 0.15) is 5.82 Å². The van der Waals surface area contributed by atoms with E-state index in [2.05, 4.69) is 5.32 Å². The number of nitrogens with one attached hydrogen (secondary N) is 1. The number of ether oxygens (including phenoxy) is 1. The molecule has 0 spiro atoms. The number of carbonyl (C=O) groups is 3. The van der Waals surface area contributed by atoms with Crippen LogP contribution >= 0.6 is 0 Å². The van der Waals surface area contributed by atoms with Crippen LogP contribution in [0.15, 0.2) is 83.3 Å². The third-order valence-electron chi connectivity index (χ3n) is 6.46. The van der Waals surface area contributed by atoms with Gasteiger partial charge in [-0.25, -0.2) is 4.79 Å². The highest BCUT2D eigenvalue weighted by Crippen LogP contribution is 2.44. The van der Waals surface area contributed by atoms with E-state index in [1.807, 2.05) is 62.4 Å². The number of carbonyl (C=O) groups excluding carboxylic acids is 3. The van der Waals surface area contributed by atoms with Crippen LogP contribution in [0.5, 0.6) is 0 Å². The normalized spacial score (nSPS) is 22.6. The first-order valence-electron chi connectivity index (χ1n) is 11.2. The number of benzene rings is 2. The number of hydrogen-bond acceptors (Lipinski definition) is 5. The molecule has 0 radical (unpaired) electrons. The minimum Gasteiger partial charge on any atom is -0.463 e. The molecule has 2 aliphatic rings. The monoisotopic (exact) mass is 444 g/mol. The molecular formula is C27H28N2O4. The summed E-state index contributed by atoms with van der Waals surface area (Å²) in [5, 5.41) is 3.23. The lowest BCUT2D eigenvalue weighted by atomic mass is 9.78. The smallest absolute Gasteiger partial charge is 0.338 e. The van der Waals surface area contributed by atoms with Crippen LogP contribution in [0.4, 0.5) is 0 Å². The SMILES string of the molecule is CCOC(=O)C1=C(C)NC2=C(C(=O)c3ccccc3)C(C)C(C)C(=O)N2C1c1ccccc1. The number of esters is 1. The Balaban J connectivity index is 1.97. The van der Waals surface area contributed by atoms with Gasteiger partial charge >= 0.3 is 5.97 Å². The standard InChI is InChI=1S/C27H28N2O4/c1-5-33-27(32)22-18(4)28-25-21(24(30)20-14-10-7-11-15-20)16(2)17(3)26(31)29(25)23(22)19-12-8-6-9-13-19/h6-17,23,28H,5H2,1-4H3. The van der Waals surface area contributed by atoms with Gasteiger partial charge in [0.25, 0.3) is 0 Å². The first kappa shape index (κ1) is 22.5. The van der Waals surface area contributed by atoms with Crippen molar-refractivity contribution in [3.05, 3.63) is 94.5 Å². The number of nitrogens with zero attached hydrogens (tertiary/aromatic N) is 1. The van der Waals surface area contributed by atoms with Crippen LogP contribution in [0, 0.1) is 11.8 Å². The molecule has 1 N–H and O–H groups in total. The predicted octanol–water partition coefficient (Wildman–Crippen LogP) is 4.38. The highest BCUT2D eigenvalue weighted by atomic mass is 16.5. The number of rotatable bonds is 5. The lowest BCUT2D eigenvalue weighted by Gasteiger charge is -2.46. The minimum atomic E-state index is -0.692. The van der Waals surface area contributed by atoms with Gasteiger partial charge in [0.05, 0.1) is 18.2 Å². The summed E-state index contributed by atoms with van der Waals surface area (Å²) < 4.78 is 5.35. The molecule has 2 aromatic rings. The Morgan fingerprint density at radius 3 is 2.15 bits per heavy atom. The molecule has 6 nitrogen and oxygen atoms in total. The van der Waals surface area contributed by atoms with Crippen LogP contribution in [-0.4, -0.2) is 29.2 Å². The summed E-state index contributed by atoms with van der Waals surface area (Å²) in [5.41, 5.74) is 2.82. The van der Waals surface area contributed by atoms with Crippen molar-refractivity contribution in [2.75, 3.05) is 6.61 Å². The van der Waals surface area contributed by atoms with Gasteiger partial charge in [-0.05, 0) is 25.3 Å². The van der Waals surface area contributed by atoms with Crippen molar-refractivity contribution in [1.82, 2.24) is 10.2 Å². The fourth-order valence-corrected chi connectivity index (χ4v) is 4.59. The molecule has 3 unspecified atom stereocenters. The van der Waals surface area contributed by atoms with Crippen molar-refractivity contribution < 1.29 is 19.1 Å². The molecule has 4 rings (SSSR count). The van der Waals surface area contributed by atoms with E-state index >= 15 is 0 Å². The Morgan fingerprint density at radius 2 is 1.55 bits per heavy atom. The van der Waals surface area contributed by atoms with Gasteiger partial charge in [-0.1, -0.05) is 74.5 Å². The number of allylic oxidation sites excluding steroid dienone is 2. The maximum absolute atomic E-state index is 13.7. The highest BCUT2D eigenvalue weighted by Gasteiger charge is 2.48. The summed E-state index contributed by atoms with van der Waals surface area (Å²) in [5.74, 6) is -1.04. The fraction of sp³-hybridized carbons (Fsp3) is 0.296. The first-order chi connectivity index (χ1) is 15.9. The first-order valence-corrected chi connectivity index (χ1v) is 11.2. The van der Waals surface area contributed by atoms with E-state index in [4.69, 9.17) is 4.74 Å². The number of ketones is 1. The maximum atomic E-state index is 13.7. The molecule has 2 aromatic carbocycles. The second-order valence-electron chi connectivity index (χ2n) is 8.44. The zero-order valence-corrected chi connectivity index (χ0v) is 19.3. The van der Waals surface area contributed by atoms with Gasteiger partial charge in [0.15, 0.2) is 5.78 Å². The van der Waals surface area contributed by atoms with Crippen molar-refractivity contribution in [1.29, 1.82) is 0 Å². The molecule has 0 saturated carbocycles. The molecule has 0 aromatic heterocycles. The van der Waals surface area contributed by atoms with E-state index in [0.717, 1.165) is 5.56 Å². The van der Waals surface area contributed by atoms with Crippen LogP contribution in [0.2, 0.25) is 0 Å². The molecule has 2 aliphatic heterocycles. The lowest BCUT2D eigenvalue weighted by Crippen LogP contribution is -2.53. The van der Waals surface area contributed by atoms with Crippen molar-refractivity contribution in [2.45, 2.75) is 33.7 Å². The van der Waals surface area contributed by atoms with E-state index in [9.17, 15) is 14.4 Å². The zero-order valence-electron chi connectivity index (χ0n) is 19.3. The Hall–Kier alpha value is -3.67. The summed E-state index contributed by atoms with van der Waals surface area (Å²) in [4.78, 5) is 41.9. The van der Waals surface area contributed by atoms with Crippen molar-refractivity contribution in [2.24, 2.45) is 11.8 Å². The molecule has 6 heteroatoms. The number of fused-ring (bicyclic) bond motifs is 1. The van der Waals surface area contributed by atoms with E-state index in [-0.39, 0.29) is 24.2 Å². The second-order valence-corrected chi connectivity index (χ2v) is 8.44. The Labute approximate surface area is 193 Å². The van der Waals surface area contributed by atoms with Crippen LogP contribution in [-0.2, 0) is 14.3 Å². The lowest BCUT2D eigenvalue weighted by molar-refractivity contribution is -0.142. The summed E-state index contributed by atoms with van der Waals surface area (Å²) in [7, 11) is 0. The third kappa shape index (κ3) is 3.86. The van der Waals surface area contributed by atoms with Crippen molar-refractivity contribution in [3.8, 4) is 0 Å². The number of amides is 1. The highest BCUT2D eigenvalue weighted by molar-refractivity contribution is 6.11. The Kier molecular flexibility index (Phi) is 6.18. The minimum absolute atomic E-state index is 0.130. The van der Waals surface area contributed by atoms with Gasteiger partial charge in [-0.15, -0.1) is 0 Å². The molecule has 0 fully saturated rings. The Bertz CT molecular complexity index is 1150. The van der Waals surface area contributed by atoms with Crippen LogP contribution in [0.3, 0.4) is 0 Å². The largest absolute Gasteiger partial charge is 0.463 e. The molecule has 0 saturated heterocycles. The zero-order chi connectivity index (χ0) is 23.7. The summed E-state index contributed by atoms with van der Waals surface area (Å²) in [6.07, 6.45) is 0. The van der Waals surface area contributed by atoms with Crippen LogP contribution in [0.25, 0.3) is 0 Å². The quantitative estimate of drug-likeness (QED) is 0.547. The van der Waals surface area contributed by atoms with Gasteiger partial charge in [-0.2, -0.15) is 0 Å². The van der Waals surface area contributed by atoms with Crippen molar-refractivity contribution >= 4 is 17.7 Å². The molecule has 170 valence electrons. The maximum Gasteiger partial charge on any atom is 0.338 e. The predicted molar refractivity (Wildman–Crippen MR) is 125 cm³/mol. The molecule has 1 amide bonds. The molecule has 0 bridgehead atoms. The van der Waals surface area contributed by atoms with Crippen LogP contribution in [0.1, 0.15) is 49.7 Å². The number of hydrogen-bond donors (Lipinski definition) is 1. The summed E-state index contributed by atoms with van der Waals surface area (Å²) in [6.45, 7) is 7.49. The van der Waals surface area contributed by atoms with Gasteiger partial charge in [0, 0.05) is 22.8 Å². The van der Waals surface area contributed by atoms with E-state index in [1.54, 1.807) is 30.9 Å². The second kappa shape index (κ2) is 9.06. The third-order valence-corrected chi connectivity index (χ3v) is 6.46. The average molecular weight is 445 g/mol. The molecular weight excluding hydrogens is 416 g/mol. The topological polar surface area (TPSA) is 75.7 Å². The van der Waals surface area contributed by atoms with Gasteiger partial charge in [-0.3, -0.25) is 14.5 Å². The summed E-state index contributed by atoms with van der Waals surface area (Å²) in [6, 6.07) is 17.8. The Morgan fingerprint density at radius 1 is 0.939 bits per heavy atom. The molecule has 33 heavy (non-hydrogen) atoms. The van der Waals surface area contributed by atoms with E-state index in [1.165, 1.54) is 0 Å². The van der Waals surface area contributed by atoms with Gasteiger partial charge < -0.3 is 10.1 Å². The van der Waals surface area contributed by atoms with E-state index < -0.39 is 17.9 Å². The molecule has 2 heterocycles. The average Bonchev–Trinajstić information content (AvgIpc) is 2.83. The van der Waals surface area contributed by atoms with Crippen LogP contribution < -0.4 is 5.32 Å². The van der Waals surface area contributed by atoms with E-state index in [0.29, 0.717) is 28.2 Å². The van der Waals surface area contributed by atoms with Gasteiger partial charge in [0.2, 0.25) is 5.91 Å². The molecule has 0 aliphatic carbocycles. The van der Waals surface area contributed by atoms with Crippen molar-refractivity contribution in [3.63, 3.8) is 0 Å². The molecule has 3 atom stereocenters.